The third-order valence-corrected chi connectivity index (χ3v) is 4.99. The smallest absolute Gasteiger partial charge is 0.341 e. The normalized spacial score (nSPS) is 11.4. The van der Waals surface area contributed by atoms with Crippen LogP contribution in [0.2, 0.25) is 15.1 Å². The van der Waals surface area contributed by atoms with Crippen LogP contribution in [0.25, 0.3) is 5.57 Å². The molecule has 2 rings (SSSR count). The second-order valence-corrected chi connectivity index (χ2v) is 7.17. The number of hydrogen-bond acceptors (Lipinski definition) is 4. The highest BCUT2D eigenvalue weighted by Crippen LogP contribution is 2.28. The molecule has 28 heavy (non-hydrogen) atoms. The standard InChI is InChI=1S/C21H21Cl3O4/c1-26-12-18(21(25)27-2)16-6-3-7-19(23)17(16)13-28-10-4-5-14-8-9-15(22)11-20(14)24/h3,6-9,11-12H,4-5,10,13H2,1-2H3. The highest BCUT2D eigenvalue weighted by atomic mass is 35.5. The minimum atomic E-state index is -0.511. The zero-order valence-electron chi connectivity index (χ0n) is 15.6. The first kappa shape index (κ1) is 22.6. The van der Waals surface area contributed by atoms with Crippen LogP contribution in [0.4, 0.5) is 0 Å². The maximum absolute atomic E-state index is 12.1. The van der Waals surface area contributed by atoms with Crippen LogP contribution in [0, 0.1) is 0 Å². The Bertz CT molecular complexity index is 850. The summed E-state index contributed by atoms with van der Waals surface area (Å²) in [6.07, 6.45) is 2.88. The van der Waals surface area contributed by atoms with Gasteiger partial charge in [-0.1, -0.05) is 53.0 Å². The molecule has 0 saturated carbocycles. The molecular weight excluding hydrogens is 423 g/mol. The molecule has 0 N–H and O–H groups in total. The van der Waals surface area contributed by atoms with Crippen molar-refractivity contribution in [2.75, 3.05) is 20.8 Å². The van der Waals surface area contributed by atoms with Crippen molar-refractivity contribution in [3.8, 4) is 0 Å². The lowest BCUT2D eigenvalue weighted by atomic mass is 10.0. The van der Waals surface area contributed by atoms with Crippen LogP contribution in [0.3, 0.4) is 0 Å². The van der Waals surface area contributed by atoms with E-state index < -0.39 is 5.97 Å². The predicted octanol–water partition coefficient (Wildman–Crippen LogP) is 5.96. The van der Waals surface area contributed by atoms with Gasteiger partial charge in [-0.2, -0.15) is 0 Å². The van der Waals surface area contributed by atoms with Crippen molar-refractivity contribution in [2.45, 2.75) is 19.4 Å². The van der Waals surface area contributed by atoms with Gasteiger partial charge in [-0.15, -0.1) is 0 Å². The third-order valence-electron chi connectivity index (χ3n) is 4.05. The van der Waals surface area contributed by atoms with Crippen LogP contribution in [0.15, 0.2) is 42.7 Å². The van der Waals surface area contributed by atoms with Gasteiger partial charge in [0.05, 0.1) is 27.1 Å². The molecular formula is C21H21Cl3O4. The van der Waals surface area contributed by atoms with Crippen LogP contribution < -0.4 is 0 Å². The predicted molar refractivity (Wildman–Crippen MR) is 113 cm³/mol. The summed E-state index contributed by atoms with van der Waals surface area (Å²) >= 11 is 18.4. The van der Waals surface area contributed by atoms with E-state index in [1.54, 1.807) is 24.3 Å². The summed E-state index contributed by atoms with van der Waals surface area (Å²) < 4.78 is 15.6. The van der Waals surface area contributed by atoms with Gasteiger partial charge in [-0.3, -0.25) is 0 Å². The summed E-state index contributed by atoms with van der Waals surface area (Å²) in [6.45, 7) is 0.757. The van der Waals surface area contributed by atoms with Crippen LogP contribution in [0.1, 0.15) is 23.1 Å². The molecule has 0 aliphatic heterocycles. The van der Waals surface area contributed by atoms with E-state index in [0.717, 1.165) is 18.4 Å². The molecule has 0 aliphatic carbocycles. The summed E-state index contributed by atoms with van der Waals surface area (Å²) in [4.78, 5) is 12.1. The van der Waals surface area contributed by atoms with Crippen molar-refractivity contribution in [2.24, 2.45) is 0 Å². The molecule has 0 fully saturated rings. The maximum atomic E-state index is 12.1. The summed E-state index contributed by atoms with van der Waals surface area (Å²) in [6, 6.07) is 10.7. The van der Waals surface area contributed by atoms with Gasteiger partial charge in [0, 0.05) is 27.2 Å². The summed E-state index contributed by atoms with van der Waals surface area (Å²) in [5.74, 6) is -0.511. The van der Waals surface area contributed by atoms with Gasteiger partial charge in [-0.25, -0.2) is 4.79 Å². The molecule has 4 nitrogen and oxygen atoms in total. The minimum Gasteiger partial charge on any atom is -0.503 e. The number of carbonyl (C=O) groups excluding carboxylic acids is 1. The van der Waals surface area contributed by atoms with Crippen LogP contribution in [0.5, 0.6) is 0 Å². The second-order valence-electron chi connectivity index (χ2n) is 5.92. The monoisotopic (exact) mass is 442 g/mol. The minimum absolute atomic E-state index is 0.251. The highest BCUT2D eigenvalue weighted by molar-refractivity contribution is 6.35. The Labute approximate surface area is 179 Å². The van der Waals surface area contributed by atoms with Gasteiger partial charge in [0.25, 0.3) is 0 Å². The largest absolute Gasteiger partial charge is 0.503 e. The maximum Gasteiger partial charge on any atom is 0.341 e. The first-order valence-corrected chi connectivity index (χ1v) is 9.72. The fourth-order valence-corrected chi connectivity index (χ4v) is 3.40. The number of rotatable bonds is 9. The molecule has 0 bridgehead atoms. The van der Waals surface area contributed by atoms with Gasteiger partial charge in [0.2, 0.25) is 0 Å². The van der Waals surface area contributed by atoms with Gasteiger partial charge in [0.15, 0.2) is 0 Å². The van der Waals surface area contributed by atoms with Gasteiger partial charge >= 0.3 is 5.97 Å². The Morgan fingerprint density at radius 1 is 1.07 bits per heavy atom. The van der Waals surface area contributed by atoms with Crippen molar-refractivity contribution in [3.05, 3.63) is 74.4 Å². The number of benzene rings is 2. The van der Waals surface area contributed by atoms with E-state index in [-0.39, 0.29) is 12.2 Å². The Balaban J connectivity index is 2.02. The number of halogens is 3. The van der Waals surface area contributed by atoms with Crippen LogP contribution >= 0.6 is 34.8 Å². The lowest BCUT2D eigenvalue weighted by molar-refractivity contribution is -0.133. The van der Waals surface area contributed by atoms with E-state index in [9.17, 15) is 4.79 Å². The molecule has 0 spiro atoms. The lowest BCUT2D eigenvalue weighted by Gasteiger charge is -2.14. The molecule has 2 aromatic rings. The van der Waals surface area contributed by atoms with E-state index in [0.29, 0.717) is 32.8 Å². The molecule has 0 unspecified atom stereocenters. The third kappa shape index (κ3) is 6.14. The Morgan fingerprint density at radius 2 is 1.86 bits per heavy atom. The first-order valence-electron chi connectivity index (χ1n) is 8.58. The summed E-state index contributed by atoms with van der Waals surface area (Å²) in [7, 11) is 2.78. The van der Waals surface area contributed by atoms with E-state index in [2.05, 4.69) is 0 Å². The summed E-state index contributed by atoms with van der Waals surface area (Å²) in [5, 5.41) is 1.76. The lowest BCUT2D eigenvalue weighted by Crippen LogP contribution is -2.08. The Morgan fingerprint density at radius 3 is 2.54 bits per heavy atom. The number of carbonyl (C=O) groups is 1. The highest BCUT2D eigenvalue weighted by Gasteiger charge is 2.18. The topological polar surface area (TPSA) is 44.8 Å². The molecule has 2 aromatic carbocycles. The van der Waals surface area contributed by atoms with Crippen LogP contribution in [-0.4, -0.2) is 26.8 Å². The molecule has 0 aliphatic rings. The molecule has 0 saturated heterocycles. The van der Waals surface area contributed by atoms with Gasteiger partial charge < -0.3 is 14.2 Å². The fraction of sp³-hybridized carbons (Fsp3) is 0.286. The SMILES string of the molecule is COC=C(C(=O)OC)c1cccc(Cl)c1COCCCc1ccc(Cl)cc1Cl. The quantitative estimate of drug-likeness (QED) is 0.208. The molecule has 0 radical (unpaired) electrons. The average Bonchev–Trinajstić information content (AvgIpc) is 2.68. The van der Waals surface area contributed by atoms with Crippen molar-refractivity contribution < 1.29 is 19.0 Å². The zero-order valence-corrected chi connectivity index (χ0v) is 17.9. The van der Waals surface area contributed by atoms with E-state index in [4.69, 9.17) is 49.0 Å². The molecule has 0 atom stereocenters. The van der Waals surface area contributed by atoms with Crippen molar-refractivity contribution in [1.82, 2.24) is 0 Å². The number of aryl methyl sites for hydroxylation is 1. The first-order chi connectivity index (χ1) is 13.5. The number of methoxy groups -OCH3 is 2. The molecule has 7 heteroatoms. The molecule has 0 amide bonds. The molecule has 0 heterocycles. The second kappa shape index (κ2) is 11.3. The Kier molecular flexibility index (Phi) is 9.13. The average molecular weight is 444 g/mol. The summed E-state index contributed by atoms with van der Waals surface area (Å²) in [5.41, 5.74) is 2.60. The van der Waals surface area contributed by atoms with Crippen molar-refractivity contribution in [1.29, 1.82) is 0 Å². The van der Waals surface area contributed by atoms with Crippen LogP contribution in [-0.2, 0) is 32.0 Å². The zero-order chi connectivity index (χ0) is 20.5. The van der Waals surface area contributed by atoms with E-state index in [1.807, 2.05) is 12.1 Å². The van der Waals surface area contributed by atoms with Gasteiger partial charge in [0.1, 0.15) is 5.57 Å². The Hall–Kier alpha value is -1.72. The van der Waals surface area contributed by atoms with Gasteiger partial charge in [-0.05, 0) is 42.2 Å². The number of esters is 1. The molecule has 0 aromatic heterocycles. The van der Waals surface area contributed by atoms with E-state index in [1.165, 1.54) is 20.5 Å². The number of ether oxygens (including phenoxy) is 3. The van der Waals surface area contributed by atoms with Crippen molar-refractivity contribution in [3.63, 3.8) is 0 Å². The molecule has 150 valence electrons. The fourth-order valence-electron chi connectivity index (χ4n) is 2.67. The number of hydrogen-bond donors (Lipinski definition) is 0. The van der Waals surface area contributed by atoms with E-state index >= 15 is 0 Å². The van der Waals surface area contributed by atoms with Crippen molar-refractivity contribution >= 4 is 46.3 Å².